The minimum atomic E-state index is -5.01. The van der Waals surface area contributed by atoms with E-state index in [9.17, 15) is 27.9 Å². The van der Waals surface area contributed by atoms with Gasteiger partial charge in [0.05, 0.1) is 18.8 Å². The number of hydrogen-bond acceptors (Lipinski definition) is 6. The molecule has 11 heteroatoms. The van der Waals surface area contributed by atoms with Gasteiger partial charge in [0.25, 0.3) is 0 Å². The number of hydrogen-bond donors (Lipinski definition) is 2. The molecular formula is C34H42F3N3O5. The molecule has 0 spiro atoms. The van der Waals surface area contributed by atoms with E-state index in [0.29, 0.717) is 23.8 Å². The van der Waals surface area contributed by atoms with Gasteiger partial charge in [-0.05, 0) is 42.4 Å². The molecule has 5 rings (SSSR count). The summed E-state index contributed by atoms with van der Waals surface area (Å²) in [6.07, 6.45) is 1.99. The van der Waals surface area contributed by atoms with Crippen molar-refractivity contribution < 1.29 is 37.3 Å². The van der Waals surface area contributed by atoms with Gasteiger partial charge in [-0.25, -0.2) is 0 Å². The molecule has 2 heterocycles. The summed E-state index contributed by atoms with van der Waals surface area (Å²) in [5.41, 5.74) is 3.39. The summed E-state index contributed by atoms with van der Waals surface area (Å²) in [4.78, 5) is 27.5. The van der Waals surface area contributed by atoms with E-state index in [0.717, 1.165) is 35.3 Å². The molecule has 1 saturated carbocycles. The second-order valence-corrected chi connectivity index (χ2v) is 12.1. The second-order valence-electron chi connectivity index (χ2n) is 12.1. The van der Waals surface area contributed by atoms with Crippen molar-refractivity contribution in [2.45, 2.75) is 94.9 Å². The molecule has 0 aromatic heterocycles. The normalized spacial score (nSPS) is 24.2. The van der Waals surface area contributed by atoms with Gasteiger partial charge in [0.1, 0.15) is 6.04 Å². The van der Waals surface area contributed by atoms with Gasteiger partial charge in [0.2, 0.25) is 5.91 Å². The topological polar surface area (TPSA) is 91.3 Å². The molecule has 4 atom stereocenters. The van der Waals surface area contributed by atoms with Gasteiger partial charge in [0, 0.05) is 44.2 Å². The molecule has 2 saturated heterocycles. The van der Waals surface area contributed by atoms with Crippen molar-refractivity contribution in [2.24, 2.45) is 0 Å². The molecule has 2 amide bonds. The van der Waals surface area contributed by atoms with Crippen molar-refractivity contribution in [1.29, 1.82) is 0 Å². The number of carbonyl (C=O) groups is 2. The average molecular weight is 630 g/mol. The minimum Gasteiger partial charge on any atom is -0.392 e. The highest BCUT2D eigenvalue weighted by molar-refractivity contribution is 5.90. The Morgan fingerprint density at radius 1 is 0.978 bits per heavy atom. The fourth-order valence-electron chi connectivity index (χ4n) is 6.65. The number of carbonyl (C=O) groups excluding carboxylic acids is 2. The number of alkyl halides is 3. The Morgan fingerprint density at radius 2 is 1.64 bits per heavy atom. The first-order valence-electron chi connectivity index (χ1n) is 15.8. The van der Waals surface area contributed by atoms with Crippen LogP contribution in [0.2, 0.25) is 0 Å². The number of benzene rings is 2. The van der Waals surface area contributed by atoms with Crippen LogP contribution in [0.3, 0.4) is 0 Å². The smallest absolute Gasteiger partial charge is 0.392 e. The maximum absolute atomic E-state index is 13.0. The summed E-state index contributed by atoms with van der Waals surface area (Å²) in [7, 11) is 0. The van der Waals surface area contributed by atoms with Crippen molar-refractivity contribution >= 4 is 11.8 Å². The Bertz CT molecular complexity index is 1300. The lowest BCUT2D eigenvalue weighted by molar-refractivity contribution is -0.253. The van der Waals surface area contributed by atoms with Crippen LogP contribution in [0.5, 0.6) is 0 Å². The van der Waals surface area contributed by atoms with Crippen LogP contribution in [-0.4, -0.2) is 70.7 Å². The van der Waals surface area contributed by atoms with Gasteiger partial charge in [-0.3, -0.25) is 14.5 Å². The highest BCUT2D eigenvalue weighted by Crippen LogP contribution is 2.39. The summed E-state index contributed by atoms with van der Waals surface area (Å²) in [6.45, 7) is 5.49. The average Bonchev–Trinajstić information content (AvgIpc) is 3.76. The Hall–Kier alpha value is -3.25. The van der Waals surface area contributed by atoms with Crippen LogP contribution in [0.25, 0.3) is 0 Å². The Labute approximate surface area is 262 Å². The predicted molar refractivity (Wildman–Crippen MR) is 162 cm³/mol. The minimum absolute atomic E-state index is 0.0323. The van der Waals surface area contributed by atoms with E-state index in [1.54, 1.807) is 0 Å². The van der Waals surface area contributed by atoms with Crippen molar-refractivity contribution in [1.82, 2.24) is 15.1 Å². The lowest BCUT2D eigenvalue weighted by atomic mass is 9.99. The largest absolute Gasteiger partial charge is 0.471 e. The molecule has 244 valence electrons. The van der Waals surface area contributed by atoms with Gasteiger partial charge in [-0.2, -0.15) is 13.2 Å². The highest BCUT2D eigenvalue weighted by atomic mass is 19.4. The summed E-state index contributed by atoms with van der Waals surface area (Å²) in [5, 5.41) is 12.2. The third-order valence-electron chi connectivity index (χ3n) is 9.04. The molecule has 8 nitrogen and oxygen atoms in total. The van der Waals surface area contributed by atoms with Crippen molar-refractivity contribution in [2.75, 3.05) is 19.6 Å². The number of ether oxygens (including phenoxy) is 2. The van der Waals surface area contributed by atoms with Crippen LogP contribution >= 0.6 is 0 Å². The zero-order valence-corrected chi connectivity index (χ0v) is 25.4. The van der Waals surface area contributed by atoms with Crippen LogP contribution < -0.4 is 5.32 Å². The van der Waals surface area contributed by atoms with Gasteiger partial charge in [-0.1, -0.05) is 67.4 Å². The lowest BCUT2D eigenvalue weighted by Crippen LogP contribution is -2.50. The van der Waals surface area contributed by atoms with Crippen LogP contribution in [0.15, 0.2) is 61.2 Å². The molecule has 0 radical (unpaired) electrons. The summed E-state index contributed by atoms with van der Waals surface area (Å²) < 4.78 is 51.9. The number of nitrogens with zero attached hydrogens (tertiary/aromatic N) is 2. The third-order valence-corrected chi connectivity index (χ3v) is 9.04. The summed E-state index contributed by atoms with van der Waals surface area (Å²) in [6, 6.07) is 14.5. The molecule has 2 aromatic carbocycles. The van der Waals surface area contributed by atoms with E-state index in [1.807, 2.05) is 54.6 Å². The number of nitrogens with one attached hydrogen (secondary N) is 1. The van der Waals surface area contributed by atoms with Gasteiger partial charge in [-0.15, -0.1) is 6.58 Å². The third kappa shape index (κ3) is 8.32. The second kappa shape index (κ2) is 14.9. The molecule has 2 N–H and O–H groups in total. The molecule has 0 bridgehead atoms. The Morgan fingerprint density at radius 3 is 2.29 bits per heavy atom. The van der Waals surface area contributed by atoms with Crippen LogP contribution in [0.1, 0.15) is 79.6 Å². The number of likely N-dealkylation sites (tertiary alicyclic amines) is 1. The zero-order chi connectivity index (χ0) is 32.0. The number of amides is 2. The molecule has 0 unspecified atom stereocenters. The SMILES string of the molecule is C=CCN(C[C@@H]1C[C@H](c2ccc(CO)cc2)O[C@H](c2ccc(CNC(=O)[C@@H]3CCCN3C(=O)C(F)(F)F)cc2)O1)C1CCCC1. The molecule has 1 aliphatic carbocycles. The van der Waals surface area contributed by atoms with Crippen molar-refractivity contribution in [3.05, 3.63) is 83.4 Å². The predicted octanol–water partition coefficient (Wildman–Crippen LogP) is 5.32. The molecule has 3 aliphatic rings. The van der Waals surface area contributed by atoms with Crippen LogP contribution in [0.4, 0.5) is 13.2 Å². The van der Waals surface area contributed by atoms with Gasteiger partial charge < -0.3 is 24.8 Å². The standard InChI is InChI=1S/C34H42F3N3O5/c1-2-17-39(27-6-3-4-7-27)21-28-19-30(25-13-11-24(22-41)12-14-25)45-32(44-28)26-15-9-23(10-16-26)20-38-31(42)29-8-5-18-40(29)33(43)34(35,36)37/h2,9-16,27-30,32,41H,1,3-8,17-22H2,(H,38,42)/t28-,29-,30+,32+/m0/s1. The van der Waals surface area contributed by atoms with E-state index in [-0.39, 0.29) is 38.3 Å². The highest BCUT2D eigenvalue weighted by Gasteiger charge is 2.47. The van der Waals surface area contributed by atoms with Crippen LogP contribution in [-0.2, 0) is 32.2 Å². The maximum atomic E-state index is 13.0. The zero-order valence-electron chi connectivity index (χ0n) is 25.4. The van der Waals surface area contributed by atoms with Gasteiger partial charge >= 0.3 is 12.1 Å². The number of halogens is 3. The van der Waals surface area contributed by atoms with Gasteiger partial charge in [0.15, 0.2) is 6.29 Å². The molecular weight excluding hydrogens is 587 g/mol. The quantitative estimate of drug-likeness (QED) is 0.327. The van der Waals surface area contributed by atoms with E-state index >= 15 is 0 Å². The molecule has 2 aromatic rings. The monoisotopic (exact) mass is 629 g/mol. The Kier molecular flexibility index (Phi) is 11.0. The van der Waals surface area contributed by atoms with E-state index < -0.39 is 30.3 Å². The summed E-state index contributed by atoms with van der Waals surface area (Å²) >= 11 is 0. The first-order valence-corrected chi connectivity index (χ1v) is 15.8. The fraction of sp³-hybridized carbons (Fsp3) is 0.529. The van der Waals surface area contributed by atoms with Crippen molar-refractivity contribution in [3.8, 4) is 0 Å². The number of rotatable bonds is 11. The lowest BCUT2D eigenvalue weighted by Gasteiger charge is -2.39. The van der Waals surface area contributed by atoms with E-state index in [1.165, 1.54) is 25.7 Å². The van der Waals surface area contributed by atoms with E-state index in [2.05, 4.69) is 16.8 Å². The molecule has 3 fully saturated rings. The first-order chi connectivity index (χ1) is 21.7. The Balaban J connectivity index is 1.26. The molecule has 45 heavy (non-hydrogen) atoms. The fourth-order valence-corrected chi connectivity index (χ4v) is 6.65. The summed E-state index contributed by atoms with van der Waals surface area (Å²) in [5.74, 6) is -2.58. The van der Waals surface area contributed by atoms with E-state index in [4.69, 9.17) is 9.47 Å². The van der Waals surface area contributed by atoms with Crippen LogP contribution in [0, 0.1) is 0 Å². The number of aliphatic hydroxyl groups excluding tert-OH is 1. The first kappa shape index (κ1) is 33.1. The van der Waals surface area contributed by atoms with Crippen molar-refractivity contribution in [3.63, 3.8) is 0 Å². The number of aliphatic hydroxyl groups is 1. The maximum Gasteiger partial charge on any atom is 0.471 e. The molecule has 2 aliphatic heterocycles.